The fourth-order valence-corrected chi connectivity index (χ4v) is 1.91. The van der Waals surface area contributed by atoms with Crippen molar-refractivity contribution in [3.8, 4) is 6.07 Å². The third-order valence-electron chi connectivity index (χ3n) is 3.37. The Morgan fingerprint density at radius 1 is 1.60 bits per heavy atom. The number of carbonyl (C=O) groups is 2. The number of nitriles is 1. The number of carbonyl (C=O) groups excluding carboxylic acids is 1. The molecule has 7 heteroatoms. The van der Waals surface area contributed by atoms with E-state index in [1.54, 1.807) is 0 Å². The predicted octanol–water partition coefficient (Wildman–Crippen LogP) is 0.173. The molecular weight excluding hydrogens is 262 g/mol. The summed E-state index contributed by atoms with van der Waals surface area (Å²) in [6.45, 7) is 1.72. The Balaban J connectivity index is 2.11. The van der Waals surface area contributed by atoms with Gasteiger partial charge in [0.05, 0.1) is 24.8 Å². The molecular formula is C13H13N3O4. The number of carboxylic acid groups (broad SMARTS) is 1. The van der Waals surface area contributed by atoms with Crippen molar-refractivity contribution in [1.29, 1.82) is 5.26 Å². The van der Waals surface area contributed by atoms with Gasteiger partial charge in [-0.1, -0.05) is 0 Å². The van der Waals surface area contributed by atoms with Gasteiger partial charge in [-0.2, -0.15) is 5.26 Å². The first-order valence-electron chi connectivity index (χ1n) is 5.95. The molecule has 0 aliphatic carbocycles. The molecule has 1 amide bonds. The zero-order valence-electron chi connectivity index (χ0n) is 10.8. The summed E-state index contributed by atoms with van der Waals surface area (Å²) >= 11 is 0. The fourth-order valence-electron chi connectivity index (χ4n) is 1.91. The summed E-state index contributed by atoms with van der Waals surface area (Å²) in [7, 11) is 0. The van der Waals surface area contributed by atoms with Gasteiger partial charge >= 0.3 is 5.97 Å². The maximum absolute atomic E-state index is 12.0. The smallest absolute Gasteiger partial charge is 0.313 e. The van der Waals surface area contributed by atoms with E-state index in [9.17, 15) is 14.7 Å². The van der Waals surface area contributed by atoms with Crippen molar-refractivity contribution in [2.45, 2.75) is 13.0 Å². The van der Waals surface area contributed by atoms with Gasteiger partial charge in [0.25, 0.3) is 5.91 Å². The molecule has 0 aromatic carbocycles. The largest absolute Gasteiger partial charge is 0.481 e. The number of ether oxygens (including phenoxy) is 1. The molecule has 2 heterocycles. The van der Waals surface area contributed by atoms with E-state index in [2.05, 4.69) is 10.3 Å². The van der Waals surface area contributed by atoms with Crippen LogP contribution in [0.3, 0.4) is 0 Å². The lowest BCUT2D eigenvalue weighted by atomic mass is 9.85. The Labute approximate surface area is 115 Å². The molecule has 2 atom stereocenters. The second-order valence-corrected chi connectivity index (χ2v) is 4.81. The van der Waals surface area contributed by atoms with E-state index >= 15 is 0 Å². The number of carboxylic acids is 1. The van der Waals surface area contributed by atoms with Crippen molar-refractivity contribution in [1.82, 2.24) is 10.3 Å². The van der Waals surface area contributed by atoms with Gasteiger partial charge in [0, 0.05) is 6.20 Å². The van der Waals surface area contributed by atoms with Gasteiger partial charge in [-0.3, -0.25) is 9.59 Å². The third kappa shape index (κ3) is 2.46. The minimum Gasteiger partial charge on any atom is -0.481 e. The summed E-state index contributed by atoms with van der Waals surface area (Å²) in [5, 5.41) is 20.5. The van der Waals surface area contributed by atoms with Crippen LogP contribution in [0.4, 0.5) is 0 Å². The van der Waals surface area contributed by atoms with Crippen molar-refractivity contribution >= 4 is 11.9 Å². The highest BCUT2D eigenvalue weighted by Gasteiger charge is 2.47. The topological polar surface area (TPSA) is 112 Å². The number of aliphatic carboxylic acids is 1. The summed E-state index contributed by atoms with van der Waals surface area (Å²) in [5.74, 6) is -1.51. The van der Waals surface area contributed by atoms with Gasteiger partial charge < -0.3 is 15.2 Å². The molecule has 2 rings (SSSR count). The van der Waals surface area contributed by atoms with Crippen LogP contribution in [0, 0.1) is 16.7 Å². The van der Waals surface area contributed by atoms with E-state index in [0.717, 1.165) is 0 Å². The fraction of sp³-hybridized carbons (Fsp3) is 0.385. The van der Waals surface area contributed by atoms with Crippen LogP contribution in [0.15, 0.2) is 18.3 Å². The quantitative estimate of drug-likeness (QED) is 0.813. The number of nitrogens with zero attached hydrogens (tertiary/aromatic N) is 2. The Morgan fingerprint density at radius 2 is 2.35 bits per heavy atom. The molecule has 20 heavy (non-hydrogen) atoms. The van der Waals surface area contributed by atoms with E-state index in [1.165, 1.54) is 25.3 Å². The van der Waals surface area contributed by atoms with Crippen LogP contribution in [0.5, 0.6) is 0 Å². The molecule has 0 saturated carbocycles. The van der Waals surface area contributed by atoms with Gasteiger partial charge in [0.15, 0.2) is 0 Å². The van der Waals surface area contributed by atoms with E-state index < -0.39 is 23.3 Å². The SMILES string of the molecule is CC1(C(=O)O)COCC1NC(=O)c1ccc(C#N)cn1. The van der Waals surface area contributed by atoms with Crippen molar-refractivity contribution in [2.75, 3.05) is 13.2 Å². The van der Waals surface area contributed by atoms with Crippen LogP contribution >= 0.6 is 0 Å². The van der Waals surface area contributed by atoms with Gasteiger partial charge in [0.1, 0.15) is 17.2 Å². The second kappa shape index (κ2) is 5.27. The maximum Gasteiger partial charge on any atom is 0.313 e. The lowest BCUT2D eigenvalue weighted by Crippen LogP contribution is -2.49. The Bertz CT molecular complexity index is 578. The summed E-state index contributed by atoms with van der Waals surface area (Å²) in [6.07, 6.45) is 1.29. The molecule has 1 fully saturated rings. The number of aromatic nitrogens is 1. The minimum absolute atomic E-state index is 0.0497. The molecule has 0 spiro atoms. The summed E-state index contributed by atoms with van der Waals surface area (Å²) < 4.78 is 5.15. The molecule has 1 aliphatic rings. The highest BCUT2D eigenvalue weighted by atomic mass is 16.5. The Morgan fingerprint density at radius 3 is 2.90 bits per heavy atom. The van der Waals surface area contributed by atoms with Gasteiger partial charge in [-0.05, 0) is 19.1 Å². The summed E-state index contributed by atoms with van der Waals surface area (Å²) in [5.41, 5.74) is -0.674. The molecule has 2 N–H and O–H groups in total. The highest BCUT2D eigenvalue weighted by molar-refractivity contribution is 5.93. The molecule has 1 aromatic rings. The number of pyridine rings is 1. The van der Waals surface area contributed by atoms with E-state index in [-0.39, 0.29) is 18.9 Å². The van der Waals surface area contributed by atoms with Crippen LogP contribution < -0.4 is 5.32 Å². The summed E-state index contributed by atoms with van der Waals surface area (Å²) in [4.78, 5) is 27.1. The molecule has 1 aromatic heterocycles. The van der Waals surface area contributed by atoms with E-state index in [0.29, 0.717) is 5.56 Å². The number of hydrogen-bond donors (Lipinski definition) is 2. The van der Waals surface area contributed by atoms with Crippen LogP contribution in [0.1, 0.15) is 23.0 Å². The van der Waals surface area contributed by atoms with E-state index in [4.69, 9.17) is 10.00 Å². The number of nitrogens with one attached hydrogen (secondary N) is 1. The predicted molar refractivity (Wildman–Crippen MR) is 66.8 cm³/mol. The normalized spacial score (nSPS) is 24.9. The highest BCUT2D eigenvalue weighted by Crippen LogP contribution is 2.28. The maximum atomic E-state index is 12.0. The van der Waals surface area contributed by atoms with Crippen LogP contribution in [0.2, 0.25) is 0 Å². The van der Waals surface area contributed by atoms with Crippen molar-refractivity contribution in [3.05, 3.63) is 29.6 Å². The average molecular weight is 275 g/mol. The first-order chi connectivity index (χ1) is 9.47. The van der Waals surface area contributed by atoms with Gasteiger partial charge in [-0.25, -0.2) is 4.98 Å². The monoisotopic (exact) mass is 275 g/mol. The lowest BCUT2D eigenvalue weighted by Gasteiger charge is -2.25. The van der Waals surface area contributed by atoms with Gasteiger partial charge in [-0.15, -0.1) is 0 Å². The molecule has 2 unspecified atom stereocenters. The first-order valence-corrected chi connectivity index (χ1v) is 5.95. The molecule has 104 valence electrons. The van der Waals surface area contributed by atoms with Crippen LogP contribution in [-0.2, 0) is 9.53 Å². The average Bonchev–Trinajstić information content (AvgIpc) is 2.81. The van der Waals surface area contributed by atoms with Gasteiger partial charge in [0.2, 0.25) is 0 Å². The zero-order chi connectivity index (χ0) is 14.8. The second-order valence-electron chi connectivity index (χ2n) is 4.81. The number of amides is 1. The first kappa shape index (κ1) is 14.0. The number of hydrogen-bond acceptors (Lipinski definition) is 5. The summed E-state index contributed by atoms with van der Waals surface area (Å²) in [6, 6.07) is 4.18. The van der Waals surface area contributed by atoms with Crippen molar-refractivity contribution in [2.24, 2.45) is 5.41 Å². The zero-order valence-corrected chi connectivity index (χ0v) is 10.8. The lowest BCUT2D eigenvalue weighted by molar-refractivity contribution is -0.148. The van der Waals surface area contributed by atoms with E-state index in [1.807, 2.05) is 6.07 Å². The Kier molecular flexibility index (Phi) is 3.68. The third-order valence-corrected chi connectivity index (χ3v) is 3.37. The Hall–Kier alpha value is -2.46. The molecule has 0 bridgehead atoms. The number of rotatable bonds is 3. The molecule has 1 saturated heterocycles. The van der Waals surface area contributed by atoms with Crippen LogP contribution in [0.25, 0.3) is 0 Å². The van der Waals surface area contributed by atoms with Crippen molar-refractivity contribution in [3.63, 3.8) is 0 Å². The van der Waals surface area contributed by atoms with Crippen molar-refractivity contribution < 1.29 is 19.4 Å². The minimum atomic E-state index is -1.15. The molecule has 7 nitrogen and oxygen atoms in total. The standard InChI is InChI=1S/C13H13N3O4/c1-13(12(18)19)7-20-6-10(13)16-11(17)9-3-2-8(4-14)5-15-9/h2-3,5,10H,6-7H2,1H3,(H,16,17)(H,18,19). The molecule has 0 radical (unpaired) electrons. The van der Waals surface area contributed by atoms with Crippen LogP contribution in [-0.4, -0.2) is 41.2 Å². The molecule has 1 aliphatic heterocycles.